The molecule has 0 saturated carbocycles. The first-order valence-electron chi connectivity index (χ1n) is 7.43. The Bertz CT molecular complexity index is 903. The predicted molar refractivity (Wildman–Crippen MR) is 98.0 cm³/mol. The highest BCUT2D eigenvalue weighted by molar-refractivity contribution is 7.92. The van der Waals surface area contributed by atoms with Crippen molar-refractivity contribution in [3.8, 4) is 0 Å². The molecule has 0 saturated heterocycles. The number of para-hydroxylation sites is 1. The van der Waals surface area contributed by atoms with Gasteiger partial charge in [0.1, 0.15) is 11.9 Å². The van der Waals surface area contributed by atoms with E-state index >= 15 is 0 Å². The number of carbonyl (C=O) groups excluding carboxylic acids is 1. The van der Waals surface area contributed by atoms with Crippen LogP contribution in [0.5, 0.6) is 0 Å². The van der Waals surface area contributed by atoms with E-state index in [0.29, 0.717) is 16.3 Å². The number of anilines is 2. The van der Waals surface area contributed by atoms with Gasteiger partial charge in [0.05, 0.1) is 11.9 Å². The molecule has 0 aliphatic heterocycles. The molecule has 0 aliphatic rings. The second-order valence-corrected chi connectivity index (χ2v) is 7.85. The van der Waals surface area contributed by atoms with Gasteiger partial charge in [-0.15, -0.1) is 0 Å². The van der Waals surface area contributed by atoms with E-state index in [2.05, 4.69) is 5.32 Å². The molecular formula is C17H18ClFN2O3S. The standard InChI is InChI=1S/C17H18ClFN2O3S/c1-11-13(18)7-6-9-15(11)20-17(22)12(2)21(25(3,23)24)16-10-5-4-8-14(16)19/h4-10,12H,1-3H3,(H,20,22). The molecule has 0 aromatic heterocycles. The summed E-state index contributed by atoms with van der Waals surface area (Å²) in [6, 6.07) is 9.23. The van der Waals surface area contributed by atoms with Crippen LogP contribution in [0, 0.1) is 12.7 Å². The summed E-state index contributed by atoms with van der Waals surface area (Å²) in [6.07, 6.45) is 0.924. The van der Waals surface area contributed by atoms with E-state index in [9.17, 15) is 17.6 Å². The van der Waals surface area contributed by atoms with Crippen molar-refractivity contribution in [2.45, 2.75) is 19.9 Å². The summed E-state index contributed by atoms with van der Waals surface area (Å²) in [6.45, 7) is 3.12. The number of halogens is 2. The number of carbonyl (C=O) groups is 1. The number of hydrogen-bond acceptors (Lipinski definition) is 3. The van der Waals surface area contributed by atoms with Crippen LogP contribution < -0.4 is 9.62 Å². The van der Waals surface area contributed by atoms with Crippen LogP contribution in [-0.4, -0.2) is 26.6 Å². The van der Waals surface area contributed by atoms with Gasteiger partial charge in [0, 0.05) is 10.7 Å². The summed E-state index contributed by atoms with van der Waals surface area (Å²) >= 11 is 6.02. The van der Waals surface area contributed by atoms with Gasteiger partial charge >= 0.3 is 0 Å². The van der Waals surface area contributed by atoms with Gasteiger partial charge < -0.3 is 5.32 Å². The zero-order valence-electron chi connectivity index (χ0n) is 14.0. The van der Waals surface area contributed by atoms with Gasteiger partial charge in [0.2, 0.25) is 15.9 Å². The number of hydrogen-bond donors (Lipinski definition) is 1. The van der Waals surface area contributed by atoms with Gasteiger partial charge in [-0.3, -0.25) is 9.10 Å². The first kappa shape index (κ1) is 19.2. The van der Waals surface area contributed by atoms with Crippen LogP contribution in [0.3, 0.4) is 0 Å². The quantitative estimate of drug-likeness (QED) is 0.856. The lowest BCUT2D eigenvalue weighted by Gasteiger charge is -2.28. The van der Waals surface area contributed by atoms with Crippen LogP contribution in [0.15, 0.2) is 42.5 Å². The third-order valence-electron chi connectivity index (χ3n) is 3.70. The Hall–Kier alpha value is -2.12. The minimum atomic E-state index is -3.89. The molecule has 1 N–H and O–H groups in total. The highest BCUT2D eigenvalue weighted by Gasteiger charge is 2.31. The number of nitrogens with one attached hydrogen (secondary N) is 1. The van der Waals surface area contributed by atoms with Crippen molar-refractivity contribution in [3.05, 3.63) is 58.9 Å². The molecule has 1 unspecified atom stereocenters. The van der Waals surface area contributed by atoms with Crippen LogP contribution in [0.2, 0.25) is 5.02 Å². The molecule has 8 heteroatoms. The van der Waals surface area contributed by atoms with Crippen LogP contribution in [0.4, 0.5) is 15.8 Å². The molecule has 0 radical (unpaired) electrons. The van der Waals surface area contributed by atoms with Crippen molar-refractivity contribution in [2.24, 2.45) is 0 Å². The van der Waals surface area contributed by atoms with Crippen LogP contribution in [-0.2, 0) is 14.8 Å². The first-order chi connectivity index (χ1) is 11.6. The van der Waals surface area contributed by atoms with Crippen molar-refractivity contribution in [1.82, 2.24) is 0 Å². The summed E-state index contributed by atoms with van der Waals surface area (Å²) in [5, 5.41) is 3.11. The molecule has 2 rings (SSSR count). The van der Waals surface area contributed by atoms with E-state index in [1.807, 2.05) is 0 Å². The van der Waals surface area contributed by atoms with Crippen molar-refractivity contribution in [1.29, 1.82) is 0 Å². The van der Waals surface area contributed by atoms with Gasteiger partial charge in [0.15, 0.2) is 0 Å². The largest absolute Gasteiger partial charge is 0.324 e. The van der Waals surface area contributed by atoms with E-state index in [4.69, 9.17) is 11.6 Å². The maximum atomic E-state index is 14.1. The maximum Gasteiger partial charge on any atom is 0.248 e. The lowest BCUT2D eigenvalue weighted by Crippen LogP contribution is -2.45. The minimum absolute atomic E-state index is 0.185. The lowest BCUT2D eigenvalue weighted by molar-refractivity contribution is -0.116. The Kier molecular flexibility index (Phi) is 5.69. The smallest absolute Gasteiger partial charge is 0.248 e. The Morgan fingerprint density at radius 3 is 2.44 bits per heavy atom. The molecule has 134 valence electrons. The summed E-state index contributed by atoms with van der Waals surface area (Å²) in [5.41, 5.74) is 0.934. The lowest BCUT2D eigenvalue weighted by atomic mass is 10.2. The zero-order valence-corrected chi connectivity index (χ0v) is 15.5. The molecule has 25 heavy (non-hydrogen) atoms. The fourth-order valence-electron chi connectivity index (χ4n) is 2.39. The molecule has 2 aromatic rings. The molecule has 0 spiro atoms. The van der Waals surface area contributed by atoms with Crippen molar-refractivity contribution in [2.75, 3.05) is 15.9 Å². The summed E-state index contributed by atoms with van der Waals surface area (Å²) in [7, 11) is -3.89. The Morgan fingerprint density at radius 1 is 1.20 bits per heavy atom. The van der Waals surface area contributed by atoms with Gasteiger partial charge in [-0.05, 0) is 43.7 Å². The van der Waals surface area contributed by atoms with E-state index in [1.165, 1.54) is 25.1 Å². The van der Waals surface area contributed by atoms with E-state index in [-0.39, 0.29) is 5.69 Å². The first-order valence-corrected chi connectivity index (χ1v) is 9.65. The summed E-state index contributed by atoms with van der Waals surface area (Å²) in [4.78, 5) is 12.6. The molecule has 1 atom stereocenters. The normalized spacial score (nSPS) is 12.5. The van der Waals surface area contributed by atoms with Crippen LogP contribution >= 0.6 is 11.6 Å². The molecule has 0 aliphatic carbocycles. The average Bonchev–Trinajstić information content (AvgIpc) is 2.52. The third kappa shape index (κ3) is 4.29. The SMILES string of the molecule is Cc1c(Cl)cccc1NC(=O)C(C)N(c1ccccc1F)S(C)(=O)=O. The molecular weight excluding hydrogens is 367 g/mol. The van der Waals surface area contributed by atoms with Crippen molar-refractivity contribution >= 4 is 38.9 Å². The summed E-state index contributed by atoms with van der Waals surface area (Å²) < 4.78 is 39.2. The highest BCUT2D eigenvalue weighted by atomic mass is 35.5. The third-order valence-corrected chi connectivity index (χ3v) is 5.34. The molecule has 0 fully saturated rings. The highest BCUT2D eigenvalue weighted by Crippen LogP contribution is 2.26. The van der Waals surface area contributed by atoms with E-state index in [1.54, 1.807) is 25.1 Å². The molecule has 1 amide bonds. The number of sulfonamides is 1. The second-order valence-electron chi connectivity index (χ2n) is 5.59. The second kappa shape index (κ2) is 7.41. The monoisotopic (exact) mass is 384 g/mol. The van der Waals surface area contributed by atoms with Crippen LogP contribution in [0.1, 0.15) is 12.5 Å². The fourth-order valence-corrected chi connectivity index (χ4v) is 3.74. The number of nitrogens with zero attached hydrogens (tertiary/aromatic N) is 1. The Morgan fingerprint density at radius 2 is 1.84 bits per heavy atom. The van der Waals surface area contributed by atoms with Crippen molar-refractivity contribution < 1.29 is 17.6 Å². The predicted octanol–water partition coefficient (Wildman–Crippen LogP) is 3.58. The topological polar surface area (TPSA) is 66.5 Å². The van der Waals surface area contributed by atoms with E-state index < -0.39 is 27.8 Å². The van der Waals surface area contributed by atoms with E-state index in [0.717, 1.165) is 16.6 Å². The number of amides is 1. The molecule has 0 heterocycles. The van der Waals surface area contributed by atoms with Gasteiger partial charge in [-0.2, -0.15) is 0 Å². The maximum absolute atomic E-state index is 14.1. The number of rotatable bonds is 5. The van der Waals surface area contributed by atoms with Crippen LogP contribution in [0.25, 0.3) is 0 Å². The molecule has 5 nitrogen and oxygen atoms in total. The average molecular weight is 385 g/mol. The molecule has 2 aromatic carbocycles. The van der Waals surface area contributed by atoms with Gasteiger partial charge in [-0.1, -0.05) is 29.8 Å². The Labute approximate surface area is 151 Å². The van der Waals surface area contributed by atoms with Crippen molar-refractivity contribution in [3.63, 3.8) is 0 Å². The summed E-state index contributed by atoms with van der Waals surface area (Å²) in [5.74, 6) is -1.33. The number of benzene rings is 2. The van der Waals surface area contributed by atoms with Gasteiger partial charge in [-0.25, -0.2) is 12.8 Å². The fraction of sp³-hybridized carbons (Fsp3) is 0.235. The molecule has 0 bridgehead atoms. The van der Waals surface area contributed by atoms with Gasteiger partial charge in [0.25, 0.3) is 0 Å². The minimum Gasteiger partial charge on any atom is -0.324 e. The zero-order chi connectivity index (χ0) is 18.8. The Balaban J connectivity index is 2.37.